The number of amidine groups is 1. The monoisotopic (exact) mass is 433 g/mol. The number of benzene rings is 1. The number of pyridine rings is 1. The Labute approximate surface area is 177 Å². The lowest BCUT2D eigenvalue weighted by Crippen LogP contribution is -2.32. The Morgan fingerprint density at radius 2 is 2.07 bits per heavy atom. The Kier molecular flexibility index (Phi) is 5.85. The van der Waals surface area contributed by atoms with Crippen molar-refractivity contribution in [3.05, 3.63) is 75.2 Å². The Morgan fingerprint density at radius 1 is 1.34 bits per heavy atom. The molecule has 0 radical (unpaired) electrons. The molecule has 1 atom stereocenters. The molecule has 1 aromatic heterocycles. The molecule has 29 heavy (non-hydrogen) atoms. The molecule has 5 nitrogen and oxygen atoms in total. The number of aromatic nitrogens is 1. The number of Topliss-reactive ketones (excluding diaryl/α,β-unsaturated/α-hetero) is 1. The first-order valence-corrected chi connectivity index (χ1v) is 10.1. The summed E-state index contributed by atoms with van der Waals surface area (Å²) in [6.07, 6.45) is 3.17. The third kappa shape index (κ3) is 4.86. The maximum atomic E-state index is 14.7. The van der Waals surface area contributed by atoms with Crippen LogP contribution in [0.3, 0.4) is 0 Å². The molecule has 0 spiro atoms. The zero-order chi connectivity index (χ0) is 21.4. The maximum absolute atomic E-state index is 14.7. The van der Waals surface area contributed by atoms with E-state index in [1.807, 2.05) is 0 Å². The summed E-state index contributed by atoms with van der Waals surface area (Å²) < 4.78 is 14.7. The quantitative estimate of drug-likeness (QED) is 0.689. The summed E-state index contributed by atoms with van der Waals surface area (Å²) in [6, 6.07) is 7.62. The molecular weight excluding hydrogens is 413 g/mol. The fourth-order valence-corrected chi connectivity index (χ4v) is 4.12. The lowest BCUT2D eigenvalue weighted by atomic mass is 9.88. The number of hydrogen-bond acceptors (Lipinski definition) is 6. The van der Waals surface area contributed by atoms with Crippen LogP contribution in [0, 0.1) is 5.82 Å². The summed E-state index contributed by atoms with van der Waals surface area (Å²) in [4.78, 5) is 21.5. The van der Waals surface area contributed by atoms with Gasteiger partial charge in [-0.1, -0.05) is 29.4 Å². The summed E-state index contributed by atoms with van der Waals surface area (Å²) >= 11 is 6.96. The van der Waals surface area contributed by atoms with Crippen molar-refractivity contribution >= 4 is 34.3 Å². The van der Waals surface area contributed by atoms with Gasteiger partial charge in [-0.15, -0.1) is 0 Å². The van der Waals surface area contributed by atoms with Gasteiger partial charge in [0.15, 0.2) is 11.0 Å². The Hall–Kier alpha value is -2.22. The second-order valence-corrected chi connectivity index (χ2v) is 9.04. The van der Waals surface area contributed by atoms with Crippen molar-refractivity contribution in [1.82, 2.24) is 4.98 Å². The highest BCUT2D eigenvalue weighted by atomic mass is 35.5. The van der Waals surface area contributed by atoms with Crippen molar-refractivity contribution < 1.29 is 14.3 Å². The van der Waals surface area contributed by atoms with Crippen LogP contribution in [-0.4, -0.2) is 26.6 Å². The smallest absolute Gasteiger partial charge is 0.185 e. The number of halogens is 2. The first-order valence-electron chi connectivity index (χ1n) is 8.90. The van der Waals surface area contributed by atoms with Gasteiger partial charge in [-0.3, -0.25) is 9.78 Å². The van der Waals surface area contributed by atoms with Gasteiger partial charge in [-0.25, -0.2) is 9.38 Å². The van der Waals surface area contributed by atoms with Gasteiger partial charge >= 0.3 is 0 Å². The number of rotatable bonds is 5. The number of thioether (sulfide) groups is 1. The molecule has 8 heteroatoms. The molecule has 0 bridgehead atoms. The van der Waals surface area contributed by atoms with Crippen LogP contribution >= 0.6 is 23.4 Å². The summed E-state index contributed by atoms with van der Waals surface area (Å²) in [7, 11) is 0. The lowest BCUT2D eigenvalue weighted by Gasteiger charge is -2.32. The van der Waals surface area contributed by atoms with Crippen LogP contribution in [0.1, 0.15) is 42.4 Å². The highest BCUT2D eigenvalue weighted by Gasteiger charge is 2.35. The van der Waals surface area contributed by atoms with Crippen molar-refractivity contribution in [2.45, 2.75) is 38.3 Å². The van der Waals surface area contributed by atoms with E-state index >= 15 is 0 Å². The van der Waals surface area contributed by atoms with E-state index in [4.69, 9.17) is 17.3 Å². The van der Waals surface area contributed by atoms with E-state index in [9.17, 15) is 14.3 Å². The van der Waals surface area contributed by atoms with E-state index in [0.29, 0.717) is 15.5 Å². The van der Waals surface area contributed by atoms with Crippen LogP contribution in [-0.2, 0) is 12.0 Å². The molecule has 3 N–H and O–H groups in total. The molecule has 0 amide bonds. The van der Waals surface area contributed by atoms with Gasteiger partial charge in [0.25, 0.3) is 0 Å². The van der Waals surface area contributed by atoms with Gasteiger partial charge < -0.3 is 10.8 Å². The normalized spacial score (nSPS) is 19.5. The SMILES string of the molecule is CC(C)(O)C1=C[C@@](C)(c2cc(CC(=O)c3ccc(Cl)cn3)ccc2F)N=C(N)S1. The predicted octanol–water partition coefficient (Wildman–Crippen LogP) is 4.23. The molecule has 1 aromatic carbocycles. The summed E-state index contributed by atoms with van der Waals surface area (Å²) in [6.45, 7) is 4.99. The molecule has 1 aliphatic rings. The number of nitrogens with zero attached hydrogens (tertiary/aromatic N) is 2. The highest BCUT2D eigenvalue weighted by Crippen LogP contribution is 2.41. The van der Waals surface area contributed by atoms with Crippen molar-refractivity contribution in [1.29, 1.82) is 0 Å². The second kappa shape index (κ2) is 7.89. The highest BCUT2D eigenvalue weighted by molar-refractivity contribution is 8.17. The fourth-order valence-electron chi connectivity index (χ4n) is 3.01. The molecule has 2 aromatic rings. The molecule has 0 unspecified atom stereocenters. The topological polar surface area (TPSA) is 88.6 Å². The minimum absolute atomic E-state index is 0.0496. The summed E-state index contributed by atoms with van der Waals surface area (Å²) in [5, 5.41) is 11.1. The number of carbonyl (C=O) groups is 1. The van der Waals surface area contributed by atoms with Gasteiger partial charge in [0.2, 0.25) is 0 Å². The van der Waals surface area contributed by atoms with Crippen molar-refractivity contribution in [3.8, 4) is 0 Å². The minimum Gasteiger partial charge on any atom is -0.385 e. The molecule has 2 heterocycles. The van der Waals surface area contributed by atoms with E-state index in [0.717, 1.165) is 11.8 Å². The van der Waals surface area contributed by atoms with E-state index < -0.39 is 17.0 Å². The van der Waals surface area contributed by atoms with Gasteiger partial charge in [-0.05, 0) is 56.7 Å². The van der Waals surface area contributed by atoms with Gasteiger partial charge in [0.05, 0.1) is 10.6 Å². The second-order valence-electron chi connectivity index (χ2n) is 7.54. The van der Waals surface area contributed by atoms with Gasteiger partial charge in [-0.2, -0.15) is 0 Å². The number of carbonyl (C=O) groups excluding carboxylic acids is 1. The lowest BCUT2D eigenvalue weighted by molar-refractivity contribution is 0.0988. The van der Waals surface area contributed by atoms with Crippen LogP contribution in [0.15, 0.2) is 52.5 Å². The van der Waals surface area contributed by atoms with Crippen LogP contribution < -0.4 is 5.73 Å². The van der Waals surface area contributed by atoms with E-state index in [1.54, 1.807) is 51.1 Å². The Balaban J connectivity index is 1.96. The molecule has 1 aliphatic heterocycles. The fraction of sp³-hybridized carbons (Fsp3) is 0.286. The third-order valence-electron chi connectivity index (χ3n) is 4.53. The molecule has 3 rings (SSSR count). The number of hydrogen-bond donors (Lipinski definition) is 2. The van der Waals surface area contributed by atoms with Crippen molar-refractivity contribution in [2.24, 2.45) is 10.7 Å². The van der Waals surface area contributed by atoms with Gasteiger partial charge in [0, 0.05) is 23.1 Å². The van der Waals surface area contributed by atoms with Crippen LogP contribution in [0.2, 0.25) is 5.02 Å². The van der Waals surface area contributed by atoms with Crippen LogP contribution in [0.4, 0.5) is 4.39 Å². The van der Waals surface area contributed by atoms with Crippen LogP contribution in [0.5, 0.6) is 0 Å². The zero-order valence-corrected chi connectivity index (χ0v) is 17.8. The predicted molar refractivity (Wildman–Crippen MR) is 115 cm³/mol. The first kappa shape index (κ1) is 21.5. The van der Waals surface area contributed by atoms with Crippen molar-refractivity contribution in [2.75, 3.05) is 0 Å². The number of aliphatic hydroxyl groups is 1. The Bertz CT molecular complexity index is 1020. The number of nitrogens with two attached hydrogens (primary N) is 1. The zero-order valence-electron chi connectivity index (χ0n) is 16.2. The maximum Gasteiger partial charge on any atom is 0.185 e. The number of ketones is 1. The molecule has 0 fully saturated rings. The molecule has 0 saturated carbocycles. The first-order chi connectivity index (χ1) is 13.5. The standard InChI is InChI=1S/C21H21ClFN3O2S/c1-20(2,28)18-10-21(3,26-19(24)29-18)14-8-12(4-6-15(14)23)9-17(27)16-7-5-13(22)11-25-16/h4-8,10-11,28H,9H2,1-3H3,(H2,24,26)/t21-/m0/s1. The average Bonchev–Trinajstić information content (AvgIpc) is 2.62. The summed E-state index contributed by atoms with van der Waals surface area (Å²) in [5.41, 5.74) is 4.89. The summed E-state index contributed by atoms with van der Waals surface area (Å²) in [5.74, 6) is -0.678. The van der Waals surface area contributed by atoms with Crippen LogP contribution in [0.25, 0.3) is 0 Å². The third-order valence-corrected chi connectivity index (χ3v) is 5.89. The molecule has 0 aliphatic carbocycles. The van der Waals surface area contributed by atoms with E-state index in [2.05, 4.69) is 9.98 Å². The molecule has 152 valence electrons. The van der Waals surface area contributed by atoms with E-state index in [1.165, 1.54) is 12.3 Å². The molecule has 0 saturated heterocycles. The van der Waals surface area contributed by atoms with Gasteiger partial charge in [0.1, 0.15) is 17.1 Å². The Morgan fingerprint density at radius 3 is 2.69 bits per heavy atom. The van der Waals surface area contributed by atoms with Crippen molar-refractivity contribution in [3.63, 3.8) is 0 Å². The largest absolute Gasteiger partial charge is 0.385 e. The van der Waals surface area contributed by atoms with E-state index in [-0.39, 0.29) is 28.6 Å². The average molecular weight is 434 g/mol. The minimum atomic E-state index is -1.14. The molecular formula is C21H21ClFN3O2S. The number of aliphatic imine (C=N–C) groups is 1.